The van der Waals surface area contributed by atoms with E-state index in [-0.39, 0.29) is 36.1 Å². The lowest BCUT2D eigenvalue weighted by atomic mass is 9.73. The highest BCUT2D eigenvalue weighted by molar-refractivity contribution is 5.97. The van der Waals surface area contributed by atoms with Crippen LogP contribution in [0, 0.1) is 0 Å². The van der Waals surface area contributed by atoms with Gasteiger partial charge in [0.05, 0.1) is 0 Å². The minimum atomic E-state index is 0.00723. The predicted molar refractivity (Wildman–Crippen MR) is 129 cm³/mol. The molecule has 4 rings (SSSR count). The number of likely N-dealkylation sites (tertiary alicyclic amines) is 1. The highest BCUT2D eigenvalue weighted by atomic mass is 16.2. The zero-order valence-electron chi connectivity index (χ0n) is 19.1. The summed E-state index contributed by atoms with van der Waals surface area (Å²) in [5.41, 5.74) is 2.32. The molecule has 1 amide bonds. The fraction of sp³-hybridized carbons (Fsp3) is 0.500. The number of ketones is 1. The third-order valence-electron chi connectivity index (χ3n) is 7.36. The molecule has 4 heteroatoms. The molecule has 1 N–H and O–H groups in total. The van der Waals surface area contributed by atoms with E-state index in [1.807, 2.05) is 30.3 Å². The summed E-state index contributed by atoms with van der Waals surface area (Å²) in [7, 11) is 0. The topological polar surface area (TPSA) is 49.4 Å². The van der Waals surface area contributed by atoms with Gasteiger partial charge < -0.3 is 5.32 Å². The van der Waals surface area contributed by atoms with Crippen LogP contribution in [0.5, 0.6) is 0 Å². The molecule has 2 aliphatic rings. The molecule has 1 saturated heterocycles. The standard InChI is InChI=1S/C28H36N2O2/c31-26(24-12-6-2-7-13-24)14-15-27(32)29-25-16-18-28(19-17-25,30-20-8-3-9-21-30)22-23-10-4-1-5-11-23/h1-2,4-7,10-13,25H,3,8-9,14-22H2,(H,29,32). The maximum Gasteiger partial charge on any atom is 0.220 e. The number of piperidine rings is 1. The Morgan fingerprint density at radius 2 is 1.47 bits per heavy atom. The molecule has 0 atom stereocenters. The van der Waals surface area contributed by atoms with E-state index in [1.165, 1.54) is 37.9 Å². The van der Waals surface area contributed by atoms with Gasteiger partial charge in [-0.3, -0.25) is 14.5 Å². The van der Waals surface area contributed by atoms with E-state index >= 15 is 0 Å². The molecule has 2 fully saturated rings. The lowest BCUT2D eigenvalue weighted by Crippen LogP contribution is -2.56. The molecule has 32 heavy (non-hydrogen) atoms. The molecule has 0 spiro atoms. The first-order chi connectivity index (χ1) is 15.6. The Morgan fingerprint density at radius 1 is 0.844 bits per heavy atom. The number of amides is 1. The summed E-state index contributed by atoms with van der Waals surface area (Å²) in [4.78, 5) is 27.6. The van der Waals surface area contributed by atoms with Crippen LogP contribution < -0.4 is 5.32 Å². The molecule has 0 bridgehead atoms. The van der Waals surface area contributed by atoms with Gasteiger partial charge in [-0.15, -0.1) is 0 Å². The number of nitrogens with one attached hydrogen (secondary N) is 1. The normalized spacial score (nSPS) is 24.1. The molecule has 4 nitrogen and oxygen atoms in total. The molecule has 1 aliphatic carbocycles. The zero-order valence-corrected chi connectivity index (χ0v) is 19.1. The molecule has 1 heterocycles. The summed E-state index contributed by atoms with van der Waals surface area (Å²) < 4.78 is 0. The molecule has 0 aromatic heterocycles. The Hall–Kier alpha value is -2.46. The van der Waals surface area contributed by atoms with Gasteiger partial charge in [-0.1, -0.05) is 67.1 Å². The van der Waals surface area contributed by atoms with Crippen LogP contribution in [0.2, 0.25) is 0 Å². The van der Waals surface area contributed by atoms with E-state index in [0.29, 0.717) is 5.56 Å². The fourth-order valence-electron chi connectivity index (χ4n) is 5.54. The van der Waals surface area contributed by atoms with Crippen molar-refractivity contribution in [2.75, 3.05) is 13.1 Å². The summed E-state index contributed by atoms with van der Waals surface area (Å²) in [5.74, 6) is 0.0455. The fourth-order valence-corrected chi connectivity index (χ4v) is 5.54. The van der Waals surface area contributed by atoms with Crippen LogP contribution in [-0.2, 0) is 11.2 Å². The summed E-state index contributed by atoms with van der Waals surface area (Å²) in [6.07, 6.45) is 9.85. The van der Waals surface area contributed by atoms with Crippen molar-refractivity contribution in [1.82, 2.24) is 10.2 Å². The molecule has 1 saturated carbocycles. The van der Waals surface area contributed by atoms with Crippen LogP contribution in [0.3, 0.4) is 0 Å². The van der Waals surface area contributed by atoms with E-state index in [2.05, 4.69) is 40.5 Å². The summed E-state index contributed by atoms with van der Waals surface area (Å²) >= 11 is 0. The van der Waals surface area contributed by atoms with Crippen molar-refractivity contribution >= 4 is 11.7 Å². The van der Waals surface area contributed by atoms with Crippen LogP contribution in [0.1, 0.15) is 73.7 Å². The van der Waals surface area contributed by atoms with Gasteiger partial charge in [0.2, 0.25) is 5.91 Å². The first-order valence-electron chi connectivity index (χ1n) is 12.3. The quantitative estimate of drug-likeness (QED) is 0.585. The Kier molecular flexibility index (Phi) is 7.75. The largest absolute Gasteiger partial charge is 0.353 e. The Morgan fingerprint density at radius 3 is 2.12 bits per heavy atom. The molecular weight excluding hydrogens is 396 g/mol. The molecule has 170 valence electrons. The third kappa shape index (κ3) is 5.86. The van der Waals surface area contributed by atoms with Gasteiger partial charge in [-0.2, -0.15) is 0 Å². The second-order valence-electron chi connectivity index (χ2n) is 9.57. The number of benzene rings is 2. The predicted octanol–water partition coefficient (Wildman–Crippen LogP) is 5.18. The Balaban J connectivity index is 1.31. The lowest BCUT2D eigenvalue weighted by molar-refractivity contribution is -0.122. The maximum atomic E-state index is 12.5. The van der Waals surface area contributed by atoms with E-state index in [0.717, 1.165) is 32.1 Å². The van der Waals surface area contributed by atoms with E-state index in [1.54, 1.807) is 0 Å². The van der Waals surface area contributed by atoms with Crippen molar-refractivity contribution in [2.24, 2.45) is 0 Å². The van der Waals surface area contributed by atoms with Crippen LogP contribution in [0.15, 0.2) is 60.7 Å². The maximum absolute atomic E-state index is 12.5. The number of rotatable bonds is 8. The summed E-state index contributed by atoms with van der Waals surface area (Å²) in [6.45, 7) is 2.40. The average Bonchev–Trinajstić information content (AvgIpc) is 2.85. The molecule has 2 aromatic rings. The third-order valence-corrected chi connectivity index (χ3v) is 7.36. The van der Waals surface area contributed by atoms with Crippen molar-refractivity contribution in [2.45, 2.75) is 75.8 Å². The molecule has 2 aromatic carbocycles. The number of nitrogens with zero attached hydrogens (tertiary/aromatic N) is 1. The average molecular weight is 433 g/mol. The van der Waals surface area contributed by atoms with E-state index in [9.17, 15) is 9.59 Å². The highest BCUT2D eigenvalue weighted by Crippen LogP contribution is 2.38. The number of carbonyl (C=O) groups excluding carboxylic acids is 2. The van der Waals surface area contributed by atoms with Gasteiger partial charge >= 0.3 is 0 Å². The van der Waals surface area contributed by atoms with Crippen LogP contribution in [0.25, 0.3) is 0 Å². The van der Waals surface area contributed by atoms with Crippen molar-refractivity contribution in [3.05, 3.63) is 71.8 Å². The second kappa shape index (κ2) is 10.9. The van der Waals surface area contributed by atoms with Crippen LogP contribution in [0.4, 0.5) is 0 Å². The smallest absolute Gasteiger partial charge is 0.220 e. The van der Waals surface area contributed by atoms with Crippen LogP contribution in [-0.4, -0.2) is 41.3 Å². The number of hydrogen-bond acceptors (Lipinski definition) is 3. The van der Waals surface area contributed by atoms with Gasteiger partial charge in [0.15, 0.2) is 5.78 Å². The monoisotopic (exact) mass is 432 g/mol. The van der Waals surface area contributed by atoms with Gasteiger partial charge in [-0.25, -0.2) is 0 Å². The van der Waals surface area contributed by atoms with Gasteiger partial charge in [-0.05, 0) is 63.6 Å². The van der Waals surface area contributed by atoms with Crippen molar-refractivity contribution in [3.63, 3.8) is 0 Å². The Bertz CT molecular complexity index is 867. The summed E-state index contributed by atoms with van der Waals surface area (Å²) in [6, 6.07) is 20.3. The van der Waals surface area contributed by atoms with Gasteiger partial charge in [0, 0.05) is 30.0 Å². The van der Waals surface area contributed by atoms with Crippen molar-refractivity contribution in [3.8, 4) is 0 Å². The molecule has 1 aliphatic heterocycles. The van der Waals surface area contributed by atoms with Gasteiger partial charge in [0.1, 0.15) is 0 Å². The number of Topliss-reactive ketones (excluding diaryl/α,β-unsaturated/α-hetero) is 1. The highest BCUT2D eigenvalue weighted by Gasteiger charge is 2.40. The minimum absolute atomic E-state index is 0.00723. The lowest BCUT2D eigenvalue weighted by Gasteiger charge is -2.50. The first-order valence-corrected chi connectivity index (χ1v) is 12.3. The molecular formula is C28H36N2O2. The zero-order chi connectivity index (χ0) is 22.2. The van der Waals surface area contributed by atoms with Crippen LogP contribution >= 0.6 is 0 Å². The summed E-state index contributed by atoms with van der Waals surface area (Å²) in [5, 5.41) is 3.22. The first kappa shape index (κ1) is 22.7. The molecule has 0 unspecified atom stereocenters. The number of hydrogen-bond donors (Lipinski definition) is 1. The minimum Gasteiger partial charge on any atom is -0.353 e. The Labute approximate surface area is 192 Å². The van der Waals surface area contributed by atoms with Crippen molar-refractivity contribution in [1.29, 1.82) is 0 Å². The molecule has 0 radical (unpaired) electrons. The van der Waals surface area contributed by atoms with E-state index < -0.39 is 0 Å². The SMILES string of the molecule is O=C(CCC(=O)c1ccccc1)NC1CCC(Cc2ccccc2)(N2CCCCC2)CC1. The van der Waals surface area contributed by atoms with Crippen molar-refractivity contribution < 1.29 is 9.59 Å². The number of carbonyl (C=O) groups is 2. The second-order valence-corrected chi connectivity index (χ2v) is 9.57. The van der Waals surface area contributed by atoms with E-state index in [4.69, 9.17) is 0 Å². The van der Waals surface area contributed by atoms with Gasteiger partial charge in [0.25, 0.3) is 0 Å².